The summed E-state index contributed by atoms with van der Waals surface area (Å²) in [6, 6.07) is 5.27. The van der Waals surface area contributed by atoms with Crippen LogP contribution in [-0.2, 0) is 7.05 Å². The molecule has 1 aliphatic carbocycles. The van der Waals surface area contributed by atoms with E-state index in [4.69, 9.17) is 0 Å². The maximum Gasteiger partial charge on any atom is 0.277 e. The van der Waals surface area contributed by atoms with Crippen LogP contribution < -0.4 is 16.0 Å². The van der Waals surface area contributed by atoms with Gasteiger partial charge in [0, 0.05) is 31.8 Å². The normalized spacial score (nSPS) is 13.0. The molecule has 10 nitrogen and oxygen atoms in total. The van der Waals surface area contributed by atoms with Crippen LogP contribution in [0.2, 0.25) is 0 Å². The molecule has 0 aromatic carbocycles. The third kappa shape index (κ3) is 4.05. The fraction of sp³-hybridized carbons (Fsp3) is 0.263. The Hall–Kier alpha value is -3.82. The van der Waals surface area contributed by atoms with Crippen molar-refractivity contribution >= 4 is 29.0 Å². The van der Waals surface area contributed by atoms with Crippen molar-refractivity contribution in [3.8, 4) is 0 Å². The van der Waals surface area contributed by atoms with Crippen molar-refractivity contribution in [1.82, 2.24) is 30.0 Å². The number of aromatic nitrogens is 5. The van der Waals surface area contributed by atoms with Crippen molar-refractivity contribution in [3.05, 3.63) is 54.0 Å². The zero-order chi connectivity index (χ0) is 20.4. The number of rotatable bonds is 6. The second kappa shape index (κ2) is 7.66. The zero-order valence-corrected chi connectivity index (χ0v) is 16.0. The second-order valence-electron chi connectivity index (χ2n) is 6.73. The van der Waals surface area contributed by atoms with Crippen LogP contribution in [0.3, 0.4) is 0 Å². The van der Waals surface area contributed by atoms with Gasteiger partial charge in [-0.05, 0) is 25.0 Å². The molecule has 10 heteroatoms. The number of anilines is 3. The highest BCUT2D eigenvalue weighted by Gasteiger charge is 2.27. The van der Waals surface area contributed by atoms with Gasteiger partial charge in [-0.1, -0.05) is 0 Å². The molecule has 1 saturated carbocycles. The molecule has 0 aliphatic heterocycles. The highest BCUT2D eigenvalue weighted by atomic mass is 16.2. The van der Waals surface area contributed by atoms with Gasteiger partial charge >= 0.3 is 0 Å². The lowest BCUT2D eigenvalue weighted by molar-refractivity contribution is 0.0956. The fourth-order valence-electron chi connectivity index (χ4n) is 2.87. The molecule has 4 rings (SSSR count). The molecule has 0 unspecified atom stereocenters. The summed E-state index contributed by atoms with van der Waals surface area (Å²) in [5.74, 6) is 0.0492. The van der Waals surface area contributed by atoms with Gasteiger partial charge in [0.15, 0.2) is 11.4 Å². The molecule has 0 spiro atoms. The summed E-state index contributed by atoms with van der Waals surface area (Å²) < 4.78 is 1.44. The molecule has 1 fully saturated rings. The molecule has 148 valence electrons. The first-order chi connectivity index (χ1) is 14.0. The van der Waals surface area contributed by atoms with Gasteiger partial charge in [-0.2, -0.15) is 5.10 Å². The van der Waals surface area contributed by atoms with E-state index in [0.29, 0.717) is 23.1 Å². The first kappa shape index (κ1) is 18.5. The molecular formula is C19H20N8O2. The first-order valence-electron chi connectivity index (χ1n) is 9.15. The fourth-order valence-corrected chi connectivity index (χ4v) is 2.87. The number of amides is 2. The average Bonchev–Trinajstić information content (AvgIpc) is 3.52. The SMILES string of the molecule is CNC(=O)c1cc(NC(=O)c2nc(C3CC3)ccc2Nc2cncnc2)n(C)n1. The molecule has 3 heterocycles. The Balaban J connectivity index is 1.63. The van der Waals surface area contributed by atoms with E-state index in [9.17, 15) is 9.59 Å². The van der Waals surface area contributed by atoms with E-state index in [1.807, 2.05) is 12.1 Å². The lowest BCUT2D eigenvalue weighted by Crippen LogP contribution is -2.18. The third-order valence-electron chi connectivity index (χ3n) is 4.55. The van der Waals surface area contributed by atoms with Crippen LogP contribution in [0.4, 0.5) is 17.2 Å². The van der Waals surface area contributed by atoms with Crippen molar-refractivity contribution in [2.45, 2.75) is 18.8 Å². The largest absolute Gasteiger partial charge is 0.354 e. The molecule has 0 atom stereocenters. The lowest BCUT2D eigenvalue weighted by Gasteiger charge is -2.12. The minimum atomic E-state index is -0.404. The van der Waals surface area contributed by atoms with E-state index in [0.717, 1.165) is 18.5 Å². The lowest BCUT2D eigenvalue weighted by atomic mass is 10.2. The van der Waals surface area contributed by atoms with E-state index in [1.54, 1.807) is 19.4 Å². The van der Waals surface area contributed by atoms with E-state index in [2.05, 4.69) is 36.0 Å². The highest BCUT2D eigenvalue weighted by Crippen LogP contribution is 2.39. The van der Waals surface area contributed by atoms with Crippen LogP contribution in [0, 0.1) is 0 Å². The Morgan fingerprint density at radius 1 is 1.14 bits per heavy atom. The smallest absolute Gasteiger partial charge is 0.277 e. The summed E-state index contributed by atoms with van der Waals surface area (Å²) in [5.41, 5.74) is 2.53. The summed E-state index contributed by atoms with van der Waals surface area (Å²) in [6.07, 6.45) is 6.80. The predicted molar refractivity (Wildman–Crippen MR) is 106 cm³/mol. The van der Waals surface area contributed by atoms with Gasteiger partial charge in [0.2, 0.25) is 0 Å². The maximum atomic E-state index is 13.0. The van der Waals surface area contributed by atoms with Gasteiger partial charge in [0.05, 0.1) is 23.8 Å². The molecule has 3 N–H and O–H groups in total. The standard InChI is InChI=1S/C19H20N8O2/c1-20-18(28)15-7-16(27(2)26-15)25-19(29)17-14(23-12-8-21-10-22-9-12)6-5-13(24-17)11-3-4-11/h5-11,23H,3-4H2,1-2H3,(H,20,28)(H,25,29). The molecule has 29 heavy (non-hydrogen) atoms. The summed E-state index contributed by atoms with van der Waals surface area (Å²) in [5, 5.41) is 12.5. The number of carbonyl (C=O) groups excluding carboxylic acids is 2. The number of hydrogen-bond acceptors (Lipinski definition) is 7. The summed E-state index contributed by atoms with van der Waals surface area (Å²) in [4.78, 5) is 37.4. The van der Waals surface area contributed by atoms with Gasteiger partial charge in [0.25, 0.3) is 11.8 Å². The minimum absolute atomic E-state index is 0.213. The molecule has 0 saturated heterocycles. The summed E-state index contributed by atoms with van der Waals surface area (Å²) in [7, 11) is 3.17. The molecule has 0 bridgehead atoms. The van der Waals surface area contributed by atoms with E-state index in [-0.39, 0.29) is 17.3 Å². The van der Waals surface area contributed by atoms with Crippen LogP contribution in [0.15, 0.2) is 36.9 Å². The molecular weight excluding hydrogens is 372 g/mol. The molecule has 3 aromatic heterocycles. The Labute approximate surface area is 166 Å². The molecule has 3 aromatic rings. The van der Waals surface area contributed by atoms with Gasteiger partial charge in [-0.25, -0.2) is 15.0 Å². The van der Waals surface area contributed by atoms with Crippen LogP contribution >= 0.6 is 0 Å². The highest BCUT2D eigenvalue weighted by molar-refractivity contribution is 6.07. The third-order valence-corrected chi connectivity index (χ3v) is 4.55. The topological polar surface area (TPSA) is 127 Å². The number of nitrogens with zero attached hydrogens (tertiary/aromatic N) is 5. The summed E-state index contributed by atoms with van der Waals surface area (Å²) in [6.45, 7) is 0. The number of pyridine rings is 1. The van der Waals surface area contributed by atoms with Crippen molar-refractivity contribution in [1.29, 1.82) is 0 Å². The first-order valence-corrected chi connectivity index (χ1v) is 9.15. The minimum Gasteiger partial charge on any atom is -0.354 e. The second-order valence-corrected chi connectivity index (χ2v) is 6.73. The van der Waals surface area contributed by atoms with Gasteiger partial charge in [0.1, 0.15) is 12.1 Å². The maximum absolute atomic E-state index is 13.0. The number of carbonyl (C=O) groups is 2. The van der Waals surface area contributed by atoms with Gasteiger partial charge < -0.3 is 16.0 Å². The van der Waals surface area contributed by atoms with Gasteiger partial charge in [-0.3, -0.25) is 14.3 Å². The van der Waals surface area contributed by atoms with E-state index >= 15 is 0 Å². The van der Waals surface area contributed by atoms with Gasteiger partial charge in [-0.15, -0.1) is 0 Å². The van der Waals surface area contributed by atoms with Crippen molar-refractivity contribution in [2.75, 3.05) is 17.7 Å². The van der Waals surface area contributed by atoms with E-state index < -0.39 is 5.91 Å². The number of aryl methyl sites for hydroxylation is 1. The van der Waals surface area contributed by atoms with Crippen LogP contribution in [0.25, 0.3) is 0 Å². The van der Waals surface area contributed by atoms with Crippen molar-refractivity contribution in [3.63, 3.8) is 0 Å². The Kier molecular flexibility index (Phi) is 4.90. The molecule has 2 amide bonds. The number of nitrogens with one attached hydrogen (secondary N) is 3. The quantitative estimate of drug-likeness (QED) is 0.584. The summed E-state index contributed by atoms with van der Waals surface area (Å²) >= 11 is 0. The van der Waals surface area contributed by atoms with Crippen molar-refractivity contribution < 1.29 is 9.59 Å². The monoisotopic (exact) mass is 392 g/mol. The van der Waals surface area contributed by atoms with E-state index in [1.165, 1.54) is 24.1 Å². The Morgan fingerprint density at radius 2 is 1.90 bits per heavy atom. The van der Waals surface area contributed by atoms with Crippen molar-refractivity contribution in [2.24, 2.45) is 7.05 Å². The predicted octanol–water partition coefficient (Wildman–Crippen LogP) is 1.84. The average molecular weight is 392 g/mol. The van der Waals surface area contributed by atoms with Crippen LogP contribution in [0.5, 0.6) is 0 Å². The Bertz CT molecular complexity index is 1060. The van der Waals surface area contributed by atoms with Crippen LogP contribution in [0.1, 0.15) is 45.4 Å². The number of hydrogen-bond donors (Lipinski definition) is 3. The zero-order valence-electron chi connectivity index (χ0n) is 16.0. The Morgan fingerprint density at radius 3 is 2.59 bits per heavy atom. The molecule has 0 radical (unpaired) electrons. The molecule has 1 aliphatic rings. The van der Waals surface area contributed by atoms with Crippen LogP contribution in [-0.4, -0.2) is 43.6 Å².